The number of aryl methyl sites for hydroxylation is 1. The standard InChI is InChI=1S/C17H21NO2S/c1-12(10-16-9-4-13(2)21-16)18-11-14-5-7-15(8-6-14)17(19)20-3/h4-9,12,18H,10-11H2,1-3H3. The van der Waals surface area contributed by atoms with E-state index >= 15 is 0 Å². The Hall–Kier alpha value is -1.65. The van der Waals surface area contributed by atoms with Crippen molar-refractivity contribution in [3.63, 3.8) is 0 Å². The van der Waals surface area contributed by atoms with Crippen molar-refractivity contribution >= 4 is 17.3 Å². The molecule has 1 N–H and O–H groups in total. The summed E-state index contributed by atoms with van der Waals surface area (Å²) in [7, 11) is 1.39. The molecule has 0 amide bonds. The first-order valence-corrected chi connectivity index (χ1v) is 7.86. The SMILES string of the molecule is COC(=O)c1ccc(CNC(C)Cc2ccc(C)s2)cc1. The average molecular weight is 303 g/mol. The lowest BCUT2D eigenvalue weighted by Gasteiger charge is -2.13. The van der Waals surface area contributed by atoms with Crippen LogP contribution in [0.1, 0.15) is 32.6 Å². The fourth-order valence-corrected chi connectivity index (χ4v) is 3.16. The van der Waals surface area contributed by atoms with Gasteiger partial charge in [-0.1, -0.05) is 12.1 Å². The summed E-state index contributed by atoms with van der Waals surface area (Å²) in [5, 5.41) is 3.51. The van der Waals surface area contributed by atoms with Crippen LogP contribution in [0.3, 0.4) is 0 Å². The lowest BCUT2D eigenvalue weighted by molar-refractivity contribution is 0.0600. The van der Waals surface area contributed by atoms with Gasteiger partial charge >= 0.3 is 5.97 Å². The molecule has 0 bridgehead atoms. The largest absolute Gasteiger partial charge is 0.465 e. The second-order valence-electron chi connectivity index (χ2n) is 5.19. The summed E-state index contributed by atoms with van der Waals surface area (Å²) in [4.78, 5) is 14.1. The molecule has 1 atom stereocenters. The van der Waals surface area contributed by atoms with E-state index in [0.29, 0.717) is 11.6 Å². The number of carbonyl (C=O) groups is 1. The molecule has 1 aromatic heterocycles. The van der Waals surface area contributed by atoms with E-state index < -0.39 is 0 Å². The first-order chi connectivity index (χ1) is 10.1. The van der Waals surface area contributed by atoms with Gasteiger partial charge in [-0.2, -0.15) is 0 Å². The number of carbonyl (C=O) groups excluding carboxylic acids is 1. The zero-order valence-corrected chi connectivity index (χ0v) is 13.5. The molecule has 112 valence electrons. The Morgan fingerprint density at radius 3 is 2.52 bits per heavy atom. The van der Waals surface area contributed by atoms with E-state index in [1.165, 1.54) is 16.9 Å². The summed E-state index contributed by atoms with van der Waals surface area (Å²) >= 11 is 1.85. The molecule has 3 nitrogen and oxygen atoms in total. The summed E-state index contributed by atoms with van der Waals surface area (Å²) in [6.07, 6.45) is 1.04. The highest BCUT2D eigenvalue weighted by molar-refractivity contribution is 7.11. The van der Waals surface area contributed by atoms with E-state index in [1.807, 2.05) is 23.5 Å². The quantitative estimate of drug-likeness (QED) is 0.829. The van der Waals surface area contributed by atoms with Crippen LogP contribution in [0.2, 0.25) is 0 Å². The molecule has 0 aliphatic rings. The molecular formula is C17H21NO2S. The van der Waals surface area contributed by atoms with E-state index in [2.05, 4.69) is 36.0 Å². The smallest absolute Gasteiger partial charge is 0.337 e. The summed E-state index contributed by atoms with van der Waals surface area (Å²) < 4.78 is 4.69. The maximum absolute atomic E-state index is 11.4. The number of hydrogen-bond acceptors (Lipinski definition) is 4. The minimum absolute atomic E-state index is 0.295. The third-order valence-electron chi connectivity index (χ3n) is 3.33. The third kappa shape index (κ3) is 4.69. The Bertz CT molecular complexity index is 589. The predicted molar refractivity (Wildman–Crippen MR) is 86.8 cm³/mol. The molecule has 0 fully saturated rings. The maximum atomic E-state index is 11.4. The normalized spacial score (nSPS) is 12.1. The third-order valence-corrected chi connectivity index (χ3v) is 4.36. The first-order valence-electron chi connectivity index (χ1n) is 7.04. The molecule has 0 saturated carbocycles. The van der Waals surface area contributed by atoms with Gasteiger partial charge in [0.15, 0.2) is 0 Å². The topological polar surface area (TPSA) is 38.3 Å². The van der Waals surface area contributed by atoms with Crippen molar-refractivity contribution in [3.8, 4) is 0 Å². The van der Waals surface area contributed by atoms with Gasteiger partial charge < -0.3 is 10.1 Å². The molecule has 0 aliphatic heterocycles. The highest BCUT2D eigenvalue weighted by Crippen LogP contribution is 2.16. The van der Waals surface area contributed by atoms with Gasteiger partial charge in [0.2, 0.25) is 0 Å². The van der Waals surface area contributed by atoms with Crippen molar-refractivity contribution in [3.05, 3.63) is 57.3 Å². The summed E-state index contributed by atoms with van der Waals surface area (Å²) in [5.74, 6) is -0.295. The van der Waals surface area contributed by atoms with E-state index in [9.17, 15) is 4.79 Å². The number of benzene rings is 1. The predicted octanol–water partition coefficient (Wildman–Crippen LogP) is 3.56. The van der Waals surface area contributed by atoms with E-state index in [4.69, 9.17) is 0 Å². The van der Waals surface area contributed by atoms with Crippen LogP contribution in [0.25, 0.3) is 0 Å². The Morgan fingerprint density at radius 1 is 1.24 bits per heavy atom. The number of ether oxygens (including phenoxy) is 1. The zero-order chi connectivity index (χ0) is 15.2. The number of esters is 1. The number of hydrogen-bond donors (Lipinski definition) is 1. The lowest BCUT2D eigenvalue weighted by atomic mass is 10.1. The number of methoxy groups -OCH3 is 1. The monoisotopic (exact) mass is 303 g/mol. The van der Waals surface area contributed by atoms with Crippen LogP contribution < -0.4 is 5.32 Å². The molecule has 1 aromatic carbocycles. The Balaban J connectivity index is 1.83. The van der Waals surface area contributed by atoms with Gasteiger partial charge in [-0.25, -0.2) is 4.79 Å². The van der Waals surface area contributed by atoms with Crippen LogP contribution in [0.4, 0.5) is 0 Å². The van der Waals surface area contributed by atoms with Gasteiger partial charge in [-0.3, -0.25) is 0 Å². The van der Waals surface area contributed by atoms with Crippen LogP contribution >= 0.6 is 11.3 Å². The van der Waals surface area contributed by atoms with Gasteiger partial charge in [-0.15, -0.1) is 11.3 Å². The second-order valence-corrected chi connectivity index (χ2v) is 6.56. The zero-order valence-electron chi connectivity index (χ0n) is 12.7. The van der Waals surface area contributed by atoms with E-state index in [1.54, 1.807) is 12.1 Å². The van der Waals surface area contributed by atoms with Crippen molar-refractivity contribution in [2.24, 2.45) is 0 Å². The van der Waals surface area contributed by atoms with Crippen molar-refractivity contribution < 1.29 is 9.53 Å². The highest BCUT2D eigenvalue weighted by Gasteiger charge is 2.07. The van der Waals surface area contributed by atoms with Crippen LogP contribution in [0, 0.1) is 6.92 Å². The summed E-state index contributed by atoms with van der Waals surface area (Å²) in [6, 6.07) is 12.3. The molecule has 1 heterocycles. The Morgan fingerprint density at radius 2 is 1.95 bits per heavy atom. The fraction of sp³-hybridized carbons (Fsp3) is 0.353. The molecule has 0 spiro atoms. The fourth-order valence-electron chi connectivity index (χ4n) is 2.14. The number of nitrogens with one attached hydrogen (secondary N) is 1. The van der Waals surface area contributed by atoms with Crippen molar-refractivity contribution in [1.29, 1.82) is 0 Å². The first kappa shape index (κ1) is 15.7. The molecule has 21 heavy (non-hydrogen) atoms. The summed E-state index contributed by atoms with van der Waals surface area (Å²) in [6.45, 7) is 5.12. The van der Waals surface area contributed by atoms with Gasteiger partial charge in [0.25, 0.3) is 0 Å². The van der Waals surface area contributed by atoms with Crippen molar-refractivity contribution in [1.82, 2.24) is 5.32 Å². The highest BCUT2D eigenvalue weighted by atomic mass is 32.1. The van der Waals surface area contributed by atoms with Crippen LogP contribution in [-0.2, 0) is 17.7 Å². The number of rotatable bonds is 6. The van der Waals surface area contributed by atoms with Gasteiger partial charge in [0.1, 0.15) is 0 Å². The minimum atomic E-state index is -0.295. The van der Waals surface area contributed by atoms with E-state index in [0.717, 1.165) is 18.5 Å². The van der Waals surface area contributed by atoms with Gasteiger partial charge in [0, 0.05) is 22.3 Å². The maximum Gasteiger partial charge on any atom is 0.337 e. The van der Waals surface area contributed by atoms with Crippen LogP contribution in [0.5, 0.6) is 0 Å². The molecule has 0 aliphatic carbocycles. The molecule has 0 saturated heterocycles. The van der Waals surface area contributed by atoms with Gasteiger partial charge in [-0.05, 0) is 50.1 Å². The molecular weight excluding hydrogens is 282 g/mol. The van der Waals surface area contributed by atoms with Crippen molar-refractivity contribution in [2.45, 2.75) is 32.9 Å². The molecule has 2 aromatic rings. The van der Waals surface area contributed by atoms with E-state index in [-0.39, 0.29) is 5.97 Å². The summed E-state index contributed by atoms with van der Waals surface area (Å²) in [5.41, 5.74) is 1.75. The second kappa shape index (κ2) is 7.38. The molecule has 4 heteroatoms. The molecule has 0 radical (unpaired) electrons. The van der Waals surface area contributed by atoms with Crippen LogP contribution in [0.15, 0.2) is 36.4 Å². The average Bonchev–Trinajstić information content (AvgIpc) is 2.90. The lowest BCUT2D eigenvalue weighted by Crippen LogP contribution is -2.27. The number of thiophene rings is 1. The Labute approximate surface area is 130 Å². The minimum Gasteiger partial charge on any atom is -0.465 e. The molecule has 1 unspecified atom stereocenters. The van der Waals surface area contributed by atoms with Crippen LogP contribution in [-0.4, -0.2) is 19.1 Å². The van der Waals surface area contributed by atoms with Crippen molar-refractivity contribution in [2.75, 3.05) is 7.11 Å². The Kier molecular flexibility index (Phi) is 5.53. The molecule has 2 rings (SSSR count). The van der Waals surface area contributed by atoms with Gasteiger partial charge in [0.05, 0.1) is 12.7 Å².